The van der Waals surface area contributed by atoms with Gasteiger partial charge in [-0.05, 0) is 12.1 Å². The fourth-order valence-corrected chi connectivity index (χ4v) is 1.06. The fraction of sp³-hybridized carbons (Fsp3) is 0.200. The van der Waals surface area contributed by atoms with Crippen LogP contribution in [0.5, 0.6) is 0 Å². The van der Waals surface area contributed by atoms with Crippen LogP contribution in [0.15, 0.2) is 24.3 Å². The zero-order chi connectivity index (χ0) is 11.3. The number of rotatable bonds is 4. The number of aliphatic hydroxyl groups excluding tert-OH is 1. The van der Waals surface area contributed by atoms with E-state index in [2.05, 4.69) is 4.74 Å². The normalized spacial score (nSPS) is 9.06. The molecule has 0 bridgehead atoms. The molecule has 0 fully saturated rings. The van der Waals surface area contributed by atoms with E-state index in [0.717, 1.165) is 0 Å². The molecule has 1 rings (SSSR count). The van der Waals surface area contributed by atoms with E-state index in [9.17, 15) is 9.59 Å². The van der Waals surface area contributed by atoms with Gasteiger partial charge in [-0.1, -0.05) is 12.1 Å². The van der Waals surface area contributed by atoms with E-state index >= 15 is 0 Å². The summed E-state index contributed by atoms with van der Waals surface area (Å²) in [6.07, 6.45) is 0. The Balaban J connectivity index is 0.00000225. The Kier molecular flexibility index (Phi) is 7.00. The van der Waals surface area contributed by atoms with Gasteiger partial charge in [-0.15, -0.1) is 0 Å². The van der Waals surface area contributed by atoms with Crippen LogP contribution in [0.1, 0.15) is 20.7 Å². The number of carboxylic acids is 1. The average molecular weight is 234 g/mol. The number of ether oxygens (including phenoxy) is 1. The van der Waals surface area contributed by atoms with Gasteiger partial charge in [0.2, 0.25) is 0 Å². The van der Waals surface area contributed by atoms with Crippen LogP contribution < -0.4 is 0 Å². The average Bonchev–Trinajstić information content (AvgIpc) is 2.25. The molecule has 0 aromatic heterocycles. The summed E-state index contributed by atoms with van der Waals surface area (Å²) in [4.78, 5) is 22.1. The fourth-order valence-electron chi connectivity index (χ4n) is 1.06. The van der Waals surface area contributed by atoms with Crippen molar-refractivity contribution in [3.63, 3.8) is 0 Å². The molecule has 0 aliphatic carbocycles. The van der Waals surface area contributed by atoms with Crippen molar-refractivity contribution in [3.05, 3.63) is 35.4 Å². The third-order valence-electron chi connectivity index (χ3n) is 1.70. The molecule has 0 saturated carbocycles. The Hall–Kier alpha value is -0.880. The first-order chi connectivity index (χ1) is 7.16. The summed E-state index contributed by atoms with van der Waals surface area (Å²) < 4.78 is 4.62. The van der Waals surface area contributed by atoms with Crippen LogP contribution in [0.3, 0.4) is 0 Å². The number of esters is 1. The quantitative estimate of drug-likeness (QED) is 0.560. The molecule has 1 aromatic rings. The number of carbonyl (C=O) groups is 2. The van der Waals surface area contributed by atoms with Gasteiger partial charge in [0.1, 0.15) is 6.61 Å². The molecule has 6 heteroatoms. The van der Waals surface area contributed by atoms with E-state index < -0.39 is 11.9 Å². The number of aliphatic hydroxyl groups is 1. The van der Waals surface area contributed by atoms with Crippen LogP contribution in [-0.4, -0.2) is 64.9 Å². The molecular formula is C10H11NaO5. The van der Waals surface area contributed by atoms with Crippen LogP contribution in [0.2, 0.25) is 0 Å². The van der Waals surface area contributed by atoms with Gasteiger partial charge in [-0.2, -0.15) is 0 Å². The Bertz CT molecular complexity index is 377. The Morgan fingerprint density at radius 2 is 1.75 bits per heavy atom. The Morgan fingerprint density at radius 1 is 1.19 bits per heavy atom. The second-order valence-electron chi connectivity index (χ2n) is 2.71. The minimum absolute atomic E-state index is 0. The SMILES string of the molecule is O=C(O)c1ccccc1C(=O)OCCO.[NaH]. The van der Waals surface area contributed by atoms with Gasteiger partial charge < -0.3 is 14.9 Å². The standard InChI is InChI=1S/C10H10O5.Na.H/c11-5-6-15-10(14)8-4-2-1-3-7(8)9(12)13;;/h1-4,11H,5-6H2,(H,12,13);;. The van der Waals surface area contributed by atoms with E-state index in [1.807, 2.05) is 0 Å². The predicted octanol–water partition coefficient (Wildman–Crippen LogP) is -0.115. The molecule has 0 spiro atoms. The molecule has 0 heterocycles. The summed E-state index contributed by atoms with van der Waals surface area (Å²) in [6.45, 7) is -0.437. The van der Waals surface area contributed by atoms with Gasteiger partial charge in [-0.3, -0.25) is 0 Å². The maximum atomic E-state index is 11.3. The Morgan fingerprint density at radius 3 is 2.25 bits per heavy atom. The molecule has 0 radical (unpaired) electrons. The first kappa shape index (κ1) is 15.1. The van der Waals surface area contributed by atoms with Crippen molar-refractivity contribution in [2.75, 3.05) is 13.2 Å². The summed E-state index contributed by atoms with van der Waals surface area (Å²) in [5.41, 5.74) is -0.126. The number of benzene rings is 1. The van der Waals surface area contributed by atoms with E-state index in [0.29, 0.717) is 0 Å². The molecule has 0 unspecified atom stereocenters. The van der Waals surface area contributed by atoms with Crippen molar-refractivity contribution in [1.82, 2.24) is 0 Å². The Labute approximate surface area is 114 Å². The summed E-state index contributed by atoms with van der Waals surface area (Å²) in [5.74, 6) is -1.94. The van der Waals surface area contributed by atoms with Crippen molar-refractivity contribution >= 4 is 41.5 Å². The number of aromatic carboxylic acids is 1. The van der Waals surface area contributed by atoms with Crippen molar-refractivity contribution < 1.29 is 24.5 Å². The van der Waals surface area contributed by atoms with Gasteiger partial charge in [0.05, 0.1) is 17.7 Å². The van der Waals surface area contributed by atoms with E-state index in [-0.39, 0.29) is 53.9 Å². The number of hydrogen-bond acceptors (Lipinski definition) is 4. The molecule has 0 amide bonds. The van der Waals surface area contributed by atoms with Gasteiger partial charge in [0.25, 0.3) is 0 Å². The summed E-state index contributed by atoms with van der Waals surface area (Å²) in [5, 5.41) is 17.2. The van der Waals surface area contributed by atoms with Gasteiger partial charge >= 0.3 is 41.5 Å². The third-order valence-corrected chi connectivity index (χ3v) is 1.70. The van der Waals surface area contributed by atoms with Crippen molar-refractivity contribution in [3.8, 4) is 0 Å². The molecule has 0 aliphatic rings. The second-order valence-corrected chi connectivity index (χ2v) is 2.71. The second kappa shape index (κ2) is 7.40. The topological polar surface area (TPSA) is 83.8 Å². The van der Waals surface area contributed by atoms with Gasteiger partial charge in [0, 0.05) is 0 Å². The number of hydrogen-bond donors (Lipinski definition) is 2. The molecule has 1 aromatic carbocycles. The van der Waals surface area contributed by atoms with Crippen molar-refractivity contribution in [2.24, 2.45) is 0 Å². The molecule has 0 atom stereocenters. The summed E-state index contributed by atoms with van der Waals surface area (Å²) in [6, 6.07) is 5.75. The summed E-state index contributed by atoms with van der Waals surface area (Å²) >= 11 is 0. The van der Waals surface area contributed by atoms with Crippen LogP contribution >= 0.6 is 0 Å². The van der Waals surface area contributed by atoms with E-state index in [1.165, 1.54) is 18.2 Å². The number of carboxylic acid groups (broad SMARTS) is 1. The van der Waals surface area contributed by atoms with Crippen LogP contribution in [0, 0.1) is 0 Å². The van der Waals surface area contributed by atoms with Crippen LogP contribution in [-0.2, 0) is 4.74 Å². The molecular weight excluding hydrogens is 223 g/mol. The van der Waals surface area contributed by atoms with E-state index in [4.69, 9.17) is 10.2 Å². The van der Waals surface area contributed by atoms with Crippen molar-refractivity contribution in [2.45, 2.75) is 0 Å². The van der Waals surface area contributed by atoms with Crippen LogP contribution in [0.25, 0.3) is 0 Å². The zero-order valence-corrected chi connectivity index (χ0v) is 7.84. The predicted molar refractivity (Wildman–Crippen MR) is 57.9 cm³/mol. The minimum atomic E-state index is -1.19. The van der Waals surface area contributed by atoms with Gasteiger partial charge in [0.15, 0.2) is 0 Å². The zero-order valence-electron chi connectivity index (χ0n) is 7.84. The van der Waals surface area contributed by atoms with Gasteiger partial charge in [-0.25, -0.2) is 9.59 Å². The molecule has 2 N–H and O–H groups in total. The first-order valence-corrected chi connectivity index (χ1v) is 4.27. The van der Waals surface area contributed by atoms with E-state index in [1.54, 1.807) is 6.07 Å². The monoisotopic (exact) mass is 234 g/mol. The first-order valence-electron chi connectivity index (χ1n) is 4.27. The van der Waals surface area contributed by atoms with Crippen molar-refractivity contribution in [1.29, 1.82) is 0 Å². The molecule has 16 heavy (non-hydrogen) atoms. The molecule has 82 valence electrons. The van der Waals surface area contributed by atoms with Crippen LogP contribution in [0.4, 0.5) is 0 Å². The molecule has 0 aliphatic heterocycles. The third kappa shape index (κ3) is 3.94. The summed E-state index contributed by atoms with van der Waals surface area (Å²) in [7, 11) is 0. The maximum absolute atomic E-state index is 11.3. The molecule has 5 nitrogen and oxygen atoms in total. The molecule has 0 saturated heterocycles. The number of carbonyl (C=O) groups excluding carboxylic acids is 1.